The van der Waals surface area contributed by atoms with Crippen LogP contribution in [-0.4, -0.2) is 46.1 Å². The summed E-state index contributed by atoms with van der Waals surface area (Å²) in [6.07, 6.45) is 0. The molecule has 0 spiro atoms. The minimum atomic E-state index is -0.566. The van der Waals surface area contributed by atoms with Crippen LogP contribution in [0.15, 0.2) is 4.52 Å². The molecular formula is C10H14ClN3O3. The van der Waals surface area contributed by atoms with E-state index in [1.807, 2.05) is 0 Å². The fourth-order valence-corrected chi connectivity index (χ4v) is 1.89. The lowest BCUT2D eigenvalue weighted by molar-refractivity contribution is -0.139. The molecule has 2 atom stereocenters. The van der Waals surface area contributed by atoms with E-state index in [1.165, 1.54) is 0 Å². The van der Waals surface area contributed by atoms with Crippen molar-refractivity contribution >= 4 is 17.5 Å². The average molecular weight is 260 g/mol. The van der Waals surface area contributed by atoms with Gasteiger partial charge in [0.05, 0.1) is 13.2 Å². The lowest BCUT2D eigenvalue weighted by Crippen LogP contribution is -2.46. The zero-order valence-electron chi connectivity index (χ0n) is 9.72. The van der Waals surface area contributed by atoms with E-state index >= 15 is 0 Å². The van der Waals surface area contributed by atoms with E-state index in [9.17, 15) is 4.79 Å². The molecule has 0 saturated carbocycles. The molecule has 1 fully saturated rings. The normalized spacial score (nSPS) is 22.5. The number of hydrogen-bond donors (Lipinski definition) is 0. The van der Waals surface area contributed by atoms with Gasteiger partial charge in [0.1, 0.15) is 11.4 Å². The van der Waals surface area contributed by atoms with E-state index in [2.05, 4.69) is 10.1 Å². The van der Waals surface area contributed by atoms with Crippen molar-refractivity contribution in [2.75, 3.05) is 19.8 Å². The molecule has 2 rings (SSSR count). The zero-order valence-corrected chi connectivity index (χ0v) is 10.5. The highest BCUT2D eigenvalue weighted by atomic mass is 35.5. The summed E-state index contributed by atoms with van der Waals surface area (Å²) in [5, 5.41) is 3.26. The van der Waals surface area contributed by atoms with Gasteiger partial charge in [-0.15, -0.1) is 11.6 Å². The first-order valence-corrected chi connectivity index (χ1v) is 5.85. The van der Waals surface area contributed by atoms with Crippen molar-refractivity contribution in [1.82, 2.24) is 15.0 Å². The highest BCUT2D eigenvalue weighted by molar-refractivity contribution is 6.30. The molecule has 1 amide bonds. The summed E-state index contributed by atoms with van der Waals surface area (Å²) in [5.74, 6) is 0.798. The van der Waals surface area contributed by atoms with Crippen LogP contribution in [0.4, 0.5) is 0 Å². The van der Waals surface area contributed by atoms with E-state index in [0.717, 1.165) is 0 Å². The van der Waals surface area contributed by atoms with Gasteiger partial charge < -0.3 is 14.2 Å². The third-order valence-corrected chi connectivity index (χ3v) is 2.78. The minimum absolute atomic E-state index is 0.137. The van der Waals surface area contributed by atoms with Crippen molar-refractivity contribution < 1.29 is 14.1 Å². The van der Waals surface area contributed by atoms with E-state index in [0.29, 0.717) is 31.5 Å². The zero-order chi connectivity index (χ0) is 12.4. The Morgan fingerprint density at radius 2 is 2.41 bits per heavy atom. The standard InChI is InChI=1S/C10H14ClN3O3/c1-6(11)10(15)14-3-4-16-5-8(14)9-12-7(2)17-13-9/h6,8H,3-5H2,1-2H3. The third-order valence-electron chi connectivity index (χ3n) is 2.59. The summed E-state index contributed by atoms with van der Waals surface area (Å²) in [5.41, 5.74) is 0. The van der Waals surface area contributed by atoms with Crippen LogP contribution < -0.4 is 0 Å². The number of carbonyl (C=O) groups is 1. The maximum Gasteiger partial charge on any atom is 0.241 e. The van der Waals surface area contributed by atoms with Gasteiger partial charge in [-0.3, -0.25) is 4.79 Å². The van der Waals surface area contributed by atoms with Crippen LogP contribution >= 0.6 is 11.6 Å². The number of aryl methyl sites for hydroxylation is 1. The van der Waals surface area contributed by atoms with Gasteiger partial charge >= 0.3 is 0 Å². The second-order valence-corrected chi connectivity index (χ2v) is 4.56. The van der Waals surface area contributed by atoms with E-state index in [4.69, 9.17) is 20.9 Å². The van der Waals surface area contributed by atoms with Crippen molar-refractivity contribution in [3.8, 4) is 0 Å². The van der Waals surface area contributed by atoms with Crippen molar-refractivity contribution in [1.29, 1.82) is 0 Å². The molecular weight excluding hydrogens is 246 g/mol. The number of ether oxygens (including phenoxy) is 1. The fraction of sp³-hybridized carbons (Fsp3) is 0.700. The molecule has 94 valence electrons. The predicted octanol–water partition coefficient (Wildman–Crippen LogP) is 0.905. The summed E-state index contributed by atoms with van der Waals surface area (Å²) < 4.78 is 10.3. The molecule has 0 bridgehead atoms. The molecule has 0 aromatic carbocycles. The first-order chi connectivity index (χ1) is 8.09. The summed E-state index contributed by atoms with van der Waals surface area (Å²) in [4.78, 5) is 17.7. The molecule has 7 heteroatoms. The van der Waals surface area contributed by atoms with Gasteiger partial charge in [-0.1, -0.05) is 5.16 Å². The van der Waals surface area contributed by atoms with Crippen LogP contribution in [0.2, 0.25) is 0 Å². The van der Waals surface area contributed by atoms with Gasteiger partial charge in [0.25, 0.3) is 0 Å². The Bertz CT molecular complexity index is 407. The molecule has 2 unspecified atom stereocenters. The lowest BCUT2D eigenvalue weighted by Gasteiger charge is -2.34. The number of carbonyl (C=O) groups excluding carboxylic acids is 1. The Morgan fingerprint density at radius 3 is 3.00 bits per heavy atom. The number of morpholine rings is 1. The molecule has 0 radical (unpaired) electrons. The highest BCUT2D eigenvalue weighted by Gasteiger charge is 2.33. The van der Waals surface area contributed by atoms with E-state index in [-0.39, 0.29) is 11.9 Å². The van der Waals surface area contributed by atoms with Gasteiger partial charge in [-0.05, 0) is 6.92 Å². The highest BCUT2D eigenvalue weighted by Crippen LogP contribution is 2.23. The SMILES string of the molecule is Cc1nc(C2COCCN2C(=O)C(C)Cl)no1. The number of aromatic nitrogens is 2. The monoisotopic (exact) mass is 259 g/mol. The first kappa shape index (κ1) is 12.3. The second-order valence-electron chi connectivity index (χ2n) is 3.91. The van der Waals surface area contributed by atoms with Gasteiger partial charge in [0.2, 0.25) is 11.8 Å². The number of hydrogen-bond acceptors (Lipinski definition) is 5. The summed E-state index contributed by atoms with van der Waals surface area (Å²) >= 11 is 5.82. The summed E-state index contributed by atoms with van der Waals surface area (Å²) in [7, 11) is 0. The quantitative estimate of drug-likeness (QED) is 0.739. The Morgan fingerprint density at radius 1 is 1.65 bits per heavy atom. The maximum absolute atomic E-state index is 11.9. The largest absolute Gasteiger partial charge is 0.377 e. The first-order valence-electron chi connectivity index (χ1n) is 5.42. The smallest absolute Gasteiger partial charge is 0.241 e. The van der Waals surface area contributed by atoms with Crippen molar-refractivity contribution in [2.24, 2.45) is 0 Å². The maximum atomic E-state index is 11.9. The molecule has 1 aromatic heterocycles. The fourth-order valence-electron chi connectivity index (χ4n) is 1.76. The van der Waals surface area contributed by atoms with Crippen LogP contribution in [-0.2, 0) is 9.53 Å². The Balaban J connectivity index is 2.20. The van der Waals surface area contributed by atoms with Crippen LogP contribution in [0.25, 0.3) is 0 Å². The molecule has 1 aliphatic heterocycles. The predicted molar refractivity (Wildman–Crippen MR) is 59.6 cm³/mol. The van der Waals surface area contributed by atoms with Crippen LogP contribution in [0.5, 0.6) is 0 Å². The van der Waals surface area contributed by atoms with E-state index in [1.54, 1.807) is 18.7 Å². The van der Waals surface area contributed by atoms with Gasteiger partial charge in [0, 0.05) is 13.5 Å². The van der Waals surface area contributed by atoms with E-state index < -0.39 is 5.38 Å². The summed E-state index contributed by atoms with van der Waals surface area (Å²) in [6, 6.07) is -0.310. The van der Waals surface area contributed by atoms with Gasteiger partial charge in [-0.2, -0.15) is 4.98 Å². The van der Waals surface area contributed by atoms with Crippen molar-refractivity contribution in [3.63, 3.8) is 0 Å². The lowest BCUT2D eigenvalue weighted by atomic mass is 10.2. The Kier molecular flexibility index (Phi) is 3.63. The molecule has 2 heterocycles. The molecule has 1 saturated heterocycles. The van der Waals surface area contributed by atoms with Gasteiger partial charge in [0.15, 0.2) is 5.82 Å². The number of amides is 1. The molecule has 0 aliphatic carbocycles. The topological polar surface area (TPSA) is 68.5 Å². The van der Waals surface area contributed by atoms with Crippen LogP contribution in [0.3, 0.4) is 0 Å². The second kappa shape index (κ2) is 5.01. The molecule has 17 heavy (non-hydrogen) atoms. The Labute approximate surface area is 104 Å². The number of alkyl halides is 1. The molecule has 1 aromatic rings. The average Bonchev–Trinajstić information content (AvgIpc) is 2.74. The molecule has 1 aliphatic rings. The number of nitrogens with zero attached hydrogens (tertiary/aromatic N) is 3. The Hall–Kier alpha value is -1.14. The van der Waals surface area contributed by atoms with Crippen molar-refractivity contribution in [3.05, 3.63) is 11.7 Å². The molecule has 0 N–H and O–H groups in total. The van der Waals surface area contributed by atoms with Crippen LogP contribution in [0.1, 0.15) is 24.7 Å². The number of rotatable bonds is 2. The van der Waals surface area contributed by atoms with Crippen molar-refractivity contribution in [2.45, 2.75) is 25.3 Å². The summed E-state index contributed by atoms with van der Waals surface area (Å²) in [6.45, 7) is 4.72. The third kappa shape index (κ3) is 2.58. The van der Waals surface area contributed by atoms with Crippen LogP contribution in [0, 0.1) is 6.92 Å². The minimum Gasteiger partial charge on any atom is -0.377 e. The van der Waals surface area contributed by atoms with Gasteiger partial charge in [-0.25, -0.2) is 0 Å². The molecule has 6 nitrogen and oxygen atoms in total. The number of halogens is 1.